The van der Waals surface area contributed by atoms with Crippen LogP contribution in [0.4, 0.5) is 4.79 Å². The number of likely N-dealkylation sites (tertiary alicyclic amines) is 1. The van der Waals surface area contributed by atoms with Crippen molar-refractivity contribution in [3.63, 3.8) is 0 Å². The fourth-order valence-electron chi connectivity index (χ4n) is 1.85. The Morgan fingerprint density at radius 1 is 1.69 bits per heavy atom. The van der Waals surface area contributed by atoms with E-state index < -0.39 is 0 Å². The fourth-order valence-corrected chi connectivity index (χ4v) is 1.85. The molecule has 0 aromatic rings. The van der Waals surface area contributed by atoms with Crippen LogP contribution in [-0.4, -0.2) is 49.3 Å². The molecule has 2 saturated heterocycles. The summed E-state index contributed by atoms with van der Waals surface area (Å²) in [5.41, 5.74) is 5.76. The molecule has 1 amide bonds. The first-order valence-electron chi connectivity index (χ1n) is 4.66. The number of rotatable bonds is 2. The first kappa shape index (κ1) is 8.77. The monoisotopic (exact) mass is 185 g/mol. The lowest BCUT2D eigenvalue weighted by molar-refractivity contribution is 0.116. The van der Waals surface area contributed by atoms with Gasteiger partial charge < -0.3 is 15.8 Å². The van der Waals surface area contributed by atoms with E-state index >= 15 is 0 Å². The smallest absolute Gasteiger partial charge is 0.407 e. The largest absolute Gasteiger partial charge is 0.443 e. The normalized spacial score (nSPS) is 34.7. The highest BCUT2D eigenvalue weighted by Gasteiger charge is 2.27. The van der Waals surface area contributed by atoms with Crippen molar-refractivity contribution in [1.82, 2.24) is 10.2 Å². The zero-order valence-corrected chi connectivity index (χ0v) is 7.53. The number of nitrogens with one attached hydrogen (secondary N) is 1. The SMILES string of the molecule is N[C@H]1CCN(C[C@@H]2CNC(=O)O2)C1. The Morgan fingerprint density at radius 2 is 2.54 bits per heavy atom. The van der Waals surface area contributed by atoms with Crippen LogP contribution in [0.2, 0.25) is 0 Å². The topological polar surface area (TPSA) is 67.6 Å². The van der Waals surface area contributed by atoms with Crippen molar-refractivity contribution >= 4 is 6.09 Å². The summed E-state index contributed by atoms with van der Waals surface area (Å²) >= 11 is 0. The van der Waals surface area contributed by atoms with E-state index in [0.717, 1.165) is 26.1 Å². The quantitative estimate of drug-likeness (QED) is 0.586. The molecule has 2 atom stereocenters. The second-order valence-corrected chi connectivity index (χ2v) is 3.72. The number of hydrogen-bond acceptors (Lipinski definition) is 4. The summed E-state index contributed by atoms with van der Waals surface area (Å²) in [6.07, 6.45) is 0.764. The standard InChI is InChI=1S/C8H15N3O2/c9-6-1-2-11(4-6)5-7-3-10-8(12)13-7/h6-7H,1-5,9H2,(H,10,12)/t6-,7-/m0/s1. The lowest BCUT2D eigenvalue weighted by Crippen LogP contribution is -2.34. The number of alkyl carbamates (subject to hydrolysis) is 1. The summed E-state index contributed by atoms with van der Waals surface area (Å²) in [6.45, 7) is 3.39. The second-order valence-electron chi connectivity index (χ2n) is 3.72. The average Bonchev–Trinajstić information content (AvgIpc) is 2.62. The predicted octanol–water partition coefficient (Wildman–Crippen LogP) is -0.872. The van der Waals surface area contributed by atoms with E-state index in [1.807, 2.05) is 0 Å². The molecule has 2 fully saturated rings. The number of ether oxygens (including phenoxy) is 1. The molecule has 0 spiro atoms. The number of amides is 1. The van der Waals surface area contributed by atoms with Gasteiger partial charge in [0.2, 0.25) is 0 Å². The summed E-state index contributed by atoms with van der Waals surface area (Å²) in [5.74, 6) is 0. The molecule has 2 rings (SSSR count). The zero-order chi connectivity index (χ0) is 9.26. The van der Waals surface area contributed by atoms with Gasteiger partial charge in [0.05, 0.1) is 6.54 Å². The van der Waals surface area contributed by atoms with Crippen molar-refractivity contribution in [2.45, 2.75) is 18.6 Å². The van der Waals surface area contributed by atoms with Crippen LogP contribution in [0.3, 0.4) is 0 Å². The molecule has 2 heterocycles. The summed E-state index contributed by atoms with van der Waals surface area (Å²) < 4.78 is 5.03. The molecule has 5 nitrogen and oxygen atoms in total. The fraction of sp³-hybridized carbons (Fsp3) is 0.875. The minimum atomic E-state index is -0.298. The zero-order valence-electron chi connectivity index (χ0n) is 7.53. The molecule has 0 aromatic heterocycles. The van der Waals surface area contributed by atoms with E-state index in [1.54, 1.807) is 0 Å². The Morgan fingerprint density at radius 3 is 3.08 bits per heavy atom. The number of cyclic esters (lactones) is 1. The van der Waals surface area contributed by atoms with E-state index in [1.165, 1.54) is 0 Å². The number of carbonyl (C=O) groups is 1. The molecule has 13 heavy (non-hydrogen) atoms. The van der Waals surface area contributed by atoms with Crippen LogP contribution in [0.15, 0.2) is 0 Å². The van der Waals surface area contributed by atoms with Gasteiger partial charge in [0.1, 0.15) is 6.10 Å². The lowest BCUT2D eigenvalue weighted by Gasteiger charge is -2.17. The number of carbonyl (C=O) groups excluding carboxylic acids is 1. The highest BCUT2D eigenvalue weighted by atomic mass is 16.6. The molecule has 0 aromatic carbocycles. The summed E-state index contributed by atoms with van der Waals surface area (Å²) in [4.78, 5) is 13.0. The maximum absolute atomic E-state index is 10.7. The predicted molar refractivity (Wildman–Crippen MR) is 47.3 cm³/mol. The first-order valence-corrected chi connectivity index (χ1v) is 4.66. The van der Waals surface area contributed by atoms with Gasteiger partial charge in [-0.3, -0.25) is 4.90 Å². The Kier molecular flexibility index (Phi) is 2.37. The Hall–Kier alpha value is -0.810. The van der Waals surface area contributed by atoms with Crippen LogP contribution in [0.5, 0.6) is 0 Å². The van der Waals surface area contributed by atoms with Crippen LogP contribution in [0, 0.1) is 0 Å². The summed E-state index contributed by atoms with van der Waals surface area (Å²) in [5, 5.41) is 2.64. The van der Waals surface area contributed by atoms with Gasteiger partial charge in [-0.05, 0) is 13.0 Å². The maximum atomic E-state index is 10.7. The van der Waals surface area contributed by atoms with Crippen LogP contribution < -0.4 is 11.1 Å². The molecule has 0 unspecified atom stereocenters. The Balaban J connectivity index is 1.75. The van der Waals surface area contributed by atoms with Gasteiger partial charge in [-0.1, -0.05) is 0 Å². The number of nitrogens with two attached hydrogens (primary N) is 1. The third-order valence-electron chi connectivity index (χ3n) is 2.52. The molecule has 3 N–H and O–H groups in total. The molecule has 0 bridgehead atoms. The molecule has 2 aliphatic heterocycles. The maximum Gasteiger partial charge on any atom is 0.407 e. The molecule has 0 radical (unpaired) electrons. The third-order valence-corrected chi connectivity index (χ3v) is 2.52. The Labute approximate surface area is 77.2 Å². The van der Waals surface area contributed by atoms with Gasteiger partial charge in [0.15, 0.2) is 0 Å². The summed E-state index contributed by atoms with van der Waals surface area (Å²) in [6, 6.07) is 0.296. The molecule has 5 heteroatoms. The van der Waals surface area contributed by atoms with E-state index in [9.17, 15) is 4.79 Å². The van der Waals surface area contributed by atoms with Gasteiger partial charge in [-0.25, -0.2) is 4.79 Å². The van der Waals surface area contributed by atoms with Gasteiger partial charge in [0.25, 0.3) is 0 Å². The Bertz CT molecular complexity index is 210. The molecule has 0 aliphatic carbocycles. The highest BCUT2D eigenvalue weighted by molar-refractivity contribution is 5.69. The minimum Gasteiger partial charge on any atom is -0.443 e. The van der Waals surface area contributed by atoms with Gasteiger partial charge in [-0.15, -0.1) is 0 Å². The lowest BCUT2D eigenvalue weighted by atomic mass is 10.3. The van der Waals surface area contributed by atoms with Crippen molar-refractivity contribution in [2.75, 3.05) is 26.2 Å². The van der Waals surface area contributed by atoms with E-state index in [0.29, 0.717) is 12.6 Å². The molecule has 74 valence electrons. The van der Waals surface area contributed by atoms with Crippen LogP contribution in [0.1, 0.15) is 6.42 Å². The van der Waals surface area contributed by atoms with Crippen molar-refractivity contribution < 1.29 is 9.53 Å². The van der Waals surface area contributed by atoms with E-state index in [-0.39, 0.29) is 12.2 Å². The number of hydrogen-bond donors (Lipinski definition) is 2. The van der Waals surface area contributed by atoms with Gasteiger partial charge in [0, 0.05) is 19.1 Å². The molecular weight excluding hydrogens is 170 g/mol. The second kappa shape index (κ2) is 3.51. The van der Waals surface area contributed by atoms with Crippen molar-refractivity contribution in [3.05, 3.63) is 0 Å². The van der Waals surface area contributed by atoms with E-state index in [2.05, 4.69) is 10.2 Å². The van der Waals surface area contributed by atoms with Gasteiger partial charge >= 0.3 is 6.09 Å². The third kappa shape index (κ3) is 2.10. The van der Waals surface area contributed by atoms with Crippen molar-refractivity contribution in [1.29, 1.82) is 0 Å². The number of nitrogens with zero attached hydrogens (tertiary/aromatic N) is 1. The highest BCUT2D eigenvalue weighted by Crippen LogP contribution is 2.10. The first-order chi connectivity index (χ1) is 6.24. The molecular formula is C8H15N3O2. The van der Waals surface area contributed by atoms with Crippen molar-refractivity contribution in [2.24, 2.45) is 5.73 Å². The van der Waals surface area contributed by atoms with Crippen LogP contribution >= 0.6 is 0 Å². The van der Waals surface area contributed by atoms with Crippen LogP contribution in [-0.2, 0) is 4.74 Å². The minimum absolute atomic E-state index is 0.0119. The molecule has 0 saturated carbocycles. The van der Waals surface area contributed by atoms with Crippen molar-refractivity contribution in [3.8, 4) is 0 Å². The van der Waals surface area contributed by atoms with Gasteiger partial charge in [-0.2, -0.15) is 0 Å². The average molecular weight is 185 g/mol. The van der Waals surface area contributed by atoms with Crippen LogP contribution in [0.25, 0.3) is 0 Å². The molecule has 2 aliphatic rings. The summed E-state index contributed by atoms with van der Waals surface area (Å²) in [7, 11) is 0. The van der Waals surface area contributed by atoms with E-state index in [4.69, 9.17) is 10.5 Å².